The molecule has 0 fully saturated rings. The van der Waals surface area contributed by atoms with Gasteiger partial charge in [0, 0.05) is 6.61 Å². The molecular weight excluding hydrogens is 421 g/mol. The minimum Gasteiger partial charge on any atom is -0.861 e. The quantitative estimate of drug-likeness (QED) is 0.308. The summed E-state index contributed by atoms with van der Waals surface area (Å²) in [5.41, 5.74) is 0. The van der Waals surface area contributed by atoms with Gasteiger partial charge in [0.1, 0.15) is 0 Å². The fraction of sp³-hybridized carbons (Fsp3) is 1.00. The van der Waals surface area contributed by atoms with Gasteiger partial charge >= 0.3 is 175 Å². The van der Waals surface area contributed by atoms with Gasteiger partial charge in [0.05, 0.1) is 0 Å². The maximum atomic E-state index is 9.94. The molecule has 0 rings (SSSR count). The van der Waals surface area contributed by atoms with E-state index in [2.05, 4.69) is 11.3 Å². The van der Waals surface area contributed by atoms with Crippen molar-refractivity contribution >= 4 is 9.05 Å². The molecule has 14 heavy (non-hydrogen) atoms. The van der Waals surface area contributed by atoms with Crippen LogP contribution in [0.1, 0.15) is 32.6 Å². The minimum absolute atomic E-state index is 0. The molecule has 68 valence electrons. The van der Waals surface area contributed by atoms with Crippen LogP contribution < -0.4 is 189 Å². The Morgan fingerprint density at radius 1 is 0.929 bits per heavy atom. The van der Waals surface area contributed by atoms with E-state index in [0.717, 1.165) is 19.3 Å². The second-order valence-electron chi connectivity index (χ2n) is 2.41. The molecule has 0 aromatic rings. The van der Waals surface area contributed by atoms with Crippen LogP contribution in [0, 0.1) is 0 Å². The maximum absolute atomic E-state index is 9.94. The van der Waals surface area contributed by atoms with E-state index in [1.165, 1.54) is 0 Å². The predicted octanol–water partition coefficient (Wildman–Crippen LogP) is -10.9. The van der Waals surface area contributed by atoms with Crippen LogP contribution in [0.25, 0.3) is 0 Å². The van der Waals surface area contributed by atoms with Gasteiger partial charge in [-0.3, -0.25) is 0 Å². The molecule has 8 heteroatoms. The van der Waals surface area contributed by atoms with Crippen LogP contribution in [0.2, 0.25) is 0 Å². The van der Waals surface area contributed by atoms with Gasteiger partial charge in [-0.25, -0.2) is 0 Å². The number of rotatable bonds is 6. The third-order valence-corrected chi connectivity index (χ3v) is 1.83. The van der Waals surface area contributed by atoms with Gasteiger partial charge < -0.3 is 18.8 Å². The van der Waals surface area contributed by atoms with Crippen LogP contribution in [0.5, 0.6) is 0 Å². The number of hydrogen-bond donors (Lipinski definition) is 0. The second-order valence-corrected chi connectivity index (χ2v) is 3.70. The first-order valence-corrected chi connectivity index (χ1v) is 5.45. The van der Waals surface area contributed by atoms with E-state index in [0.29, 0.717) is 6.42 Å². The Bertz CT molecular complexity index is 102. The van der Waals surface area contributed by atoms with E-state index in [-0.39, 0.29) is 181 Å². The van der Waals surface area contributed by atoms with Gasteiger partial charge in [0.2, 0.25) is 0 Å². The largest absolute Gasteiger partial charge is 1.00 e. The van der Waals surface area contributed by atoms with Crippen molar-refractivity contribution in [2.45, 2.75) is 32.6 Å². The van der Waals surface area contributed by atoms with Crippen LogP contribution in [0.15, 0.2) is 0 Å². The van der Waals surface area contributed by atoms with Gasteiger partial charge in [-0.05, 0) is 6.42 Å². The fourth-order valence-electron chi connectivity index (χ4n) is 0.726. The van der Waals surface area contributed by atoms with E-state index >= 15 is 0 Å². The Hall–Kier alpha value is 5.47. The Labute approximate surface area is 234 Å². The molecule has 0 N–H and O–H groups in total. The van der Waals surface area contributed by atoms with E-state index in [1.54, 1.807) is 0 Å². The Morgan fingerprint density at radius 3 is 1.79 bits per heavy atom. The zero-order valence-electron chi connectivity index (χ0n) is 9.67. The molecule has 0 saturated carbocycles. The van der Waals surface area contributed by atoms with E-state index < -0.39 is 9.05 Å². The molecule has 0 atom stereocenters. The Morgan fingerprint density at radius 2 is 1.43 bits per heavy atom. The summed E-state index contributed by atoms with van der Waals surface area (Å²) in [6.45, 7) is 2.09. The summed E-state index contributed by atoms with van der Waals surface area (Å²) >= 11 is 0. The van der Waals surface area contributed by atoms with E-state index in [9.17, 15) is 14.4 Å². The van der Waals surface area contributed by atoms with Gasteiger partial charge in [-0.1, -0.05) is 26.2 Å². The molecule has 0 radical (unpaired) electrons. The summed E-state index contributed by atoms with van der Waals surface area (Å²) in [6.07, 6.45) is 3.69. The smallest absolute Gasteiger partial charge is 0.861 e. The van der Waals surface area contributed by atoms with Crippen LogP contribution in [0.4, 0.5) is 0 Å². The van der Waals surface area contributed by atoms with E-state index in [1.807, 2.05) is 0 Å². The summed E-state index contributed by atoms with van der Waals surface area (Å²) in [7, 11) is -4.97. The SMILES string of the molecule is CCCCCCO[Si]([O-])([O-])[O-].[Rb+].[Rb+].[Rb+]. The van der Waals surface area contributed by atoms with Crippen LogP contribution in [-0.4, -0.2) is 15.7 Å². The van der Waals surface area contributed by atoms with Gasteiger partial charge in [-0.2, -0.15) is 0 Å². The zero-order chi connectivity index (χ0) is 8.74. The summed E-state index contributed by atoms with van der Waals surface area (Å²) in [5, 5.41) is 0. The van der Waals surface area contributed by atoms with Crippen molar-refractivity contribution in [3.8, 4) is 0 Å². The normalized spacial score (nSPS) is 9.43. The minimum atomic E-state index is -4.97. The van der Waals surface area contributed by atoms with Crippen LogP contribution in [-0.2, 0) is 4.43 Å². The zero-order valence-corrected chi connectivity index (χ0v) is 25.4. The van der Waals surface area contributed by atoms with Crippen molar-refractivity contribution in [3.63, 3.8) is 0 Å². The van der Waals surface area contributed by atoms with Gasteiger partial charge in [0.25, 0.3) is 0 Å². The van der Waals surface area contributed by atoms with Crippen LogP contribution >= 0.6 is 0 Å². The molecule has 0 spiro atoms. The predicted molar refractivity (Wildman–Crippen MR) is 35.8 cm³/mol. The van der Waals surface area contributed by atoms with Crippen LogP contribution in [0.3, 0.4) is 0 Å². The Balaban J connectivity index is -0.000000167. The number of unbranched alkanes of at least 4 members (excludes halogenated alkanes) is 3. The average Bonchev–Trinajstić information content (AvgIpc) is 1.85. The molecule has 4 nitrogen and oxygen atoms in total. The standard InChI is InChI=1S/C6H13O4Si.3Rb/c1-2-3-4-5-6-10-11(7,8)9;;;/h2-6H2,1H3;;;/q-3;3*+1. The maximum Gasteiger partial charge on any atom is 1.00 e. The van der Waals surface area contributed by atoms with E-state index in [4.69, 9.17) is 0 Å². The average molecular weight is 434 g/mol. The molecule has 0 aliphatic rings. The number of hydrogen-bond acceptors (Lipinski definition) is 4. The van der Waals surface area contributed by atoms with Crippen molar-refractivity contribution < 1.29 is 193 Å². The van der Waals surface area contributed by atoms with Gasteiger partial charge in [0.15, 0.2) is 0 Å². The van der Waals surface area contributed by atoms with Crippen molar-refractivity contribution in [3.05, 3.63) is 0 Å². The molecule has 0 aromatic carbocycles. The van der Waals surface area contributed by atoms with Crippen molar-refractivity contribution in [1.82, 2.24) is 0 Å². The molecule has 0 aromatic heterocycles. The molecule has 0 bridgehead atoms. The second kappa shape index (κ2) is 18.5. The molecule has 0 saturated heterocycles. The first kappa shape index (κ1) is 27.8. The molecule has 0 heterocycles. The molecule has 0 amide bonds. The summed E-state index contributed by atoms with van der Waals surface area (Å²) in [6, 6.07) is 0. The first-order valence-electron chi connectivity index (χ1n) is 3.81. The van der Waals surface area contributed by atoms with Crippen molar-refractivity contribution in [2.75, 3.05) is 6.61 Å². The van der Waals surface area contributed by atoms with Crippen molar-refractivity contribution in [1.29, 1.82) is 0 Å². The molecule has 0 aliphatic carbocycles. The topological polar surface area (TPSA) is 78.4 Å². The Kier molecular flexibility index (Phi) is 36.6. The van der Waals surface area contributed by atoms with Gasteiger partial charge in [-0.15, -0.1) is 9.05 Å². The summed E-state index contributed by atoms with van der Waals surface area (Å²) in [4.78, 5) is 29.8. The third kappa shape index (κ3) is 26.1. The third-order valence-electron chi connectivity index (χ3n) is 1.28. The fourth-order valence-corrected chi connectivity index (χ4v) is 1.12. The first-order chi connectivity index (χ1) is 5.06. The summed E-state index contributed by atoms with van der Waals surface area (Å²) in [5.74, 6) is 0. The van der Waals surface area contributed by atoms with Crippen molar-refractivity contribution in [2.24, 2.45) is 0 Å². The summed E-state index contributed by atoms with van der Waals surface area (Å²) < 4.78 is 4.05. The molecule has 0 aliphatic heterocycles. The molecule has 0 unspecified atom stereocenters. The molecular formula is C6H13O4Rb3Si. The monoisotopic (exact) mass is 432 g/mol.